The quantitative estimate of drug-likeness (QED) is 0.682. The van der Waals surface area contributed by atoms with E-state index in [9.17, 15) is 4.79 Å². The standard InChI is InChI=1S/C12H15ClN2O/c1-8-6-9-7-10(13)4-5-11(9)15(8)12(16)14(2)3/h4-5,7-8H,6H2,1-3H3. The summed E-state index contributed by atoms with van der Waals surface area (Å²) in [4.78, 5) is 15.4. The number of amides is 2. The summed E-state index contributed by atoms with van der Waals surface area (Å²) in [5.41, 5.74) is 2.13. The van der Waals surface area contributed by atoms with E-state index in [0.717, 1.165) is 22.7 Å². The van der Waals surface area contributed by atoms with Crippen LogP contribution in [0.2, 0.25) is 5.02 Å². The third kappa shape index (κ3) is 1.76. The molecule has 86 valence electrons. The normalized spacial score (nSPS) is 18.5. The van der Waals surface area contributed by atoms with Gasteiger partial charge in [-0.2, -0.15) is 0 Å². The molecular formula is C12H15ClN2O. The number of hydrogen-bond donors (Lipinski definition) is 0. The van der Waals surface area contributed by atoms with Crippen LogP contribution in [0.3, 0.4) is 0 Å². The van der Waals surface area contributed by atoms with E-state index in [4.69, 9.17) is 11.6 Å². The van der Waals surface area contributed by atoms with E-state index in [2.05, 4.69) is 6.92 Å². The number of carbonyl (C=O) groups is 1. The molecule has 0 N–H and O–H groups in total. The molecule has 1 heterocycles. The van der Waals surface area contributed by atoms with Gasteiger partial charge in [0.1, 0.15) is 0 Å². The number of nitrogens with zero attached hydrogens (tertiary/aromatic N) is 2. The van der Waals surface area contributed by atoms with Gasteiger partial charge in [0.15, 0.2) is 0 Å². The highest BCUT2D eigenvalue weighted by molar-refractivity contribution is 6.30. The van der Waals surface area contributed by atoms with Gasteiger partial charge >= 0.3 is 6.03 Å². The highest BCUT2D eigenvalue weighted by Crippen LogP contribution is 2.34. The highest BCUT2D eigenvalue weighted by Gasteiger charge is 2.31. The molecule has 1 aromatic carbocycles. The van der Waals surface area contributed by atoms with Crippen LogP contribution in [0, 0.1) is 0 Å². The molecule has 4 heteroatoms. The van der Waals surface area contributed by atoms with Crippen LogP contribution >= 0.6 is 11.6 Å². The minimum atomic E-state index is 0.0218. The summed E-state index contributed by atoms with van der Waals surface area (Å²) in [6, 6.07) is 5.91. The fourth-order valence-corrected chi connectivity index (χ4v) is 2.30. The molecule has 0 spiro atoms. The van der Waals surface area contributed by atoms with Gasteiger partial charge in [0, 0.05) is 30.8 Å². The van der Waals surface area contributed by atoms with Crippen molar-refractivity contribution in [2.45, 2.75) is 19.4 Å². The molecule has 16 heavy (non-hydrogen) atoms. The molecule has 0 fully saturated rings. The molecular weight excluding hydrogens is 224 g/mol. The second kappa shape index (κ2) is 3.98. The maximum Gasteiger partial charge on any atom is 0.324 e. The highest BCUT2D eigenvalue weighted by atomic mass is 35.5. The zero-order chi connectivity index (χ0) is 11.9. The lowest BCUT2D eigenvalue weighted by atomic mass is 10.1. The minimum absolute atomic E-state index is 0.0218. The lowest BCUT2D eigenvalue weighted by molar-refractivity contribution is 0.222. The van der Waals surface area contributed by atoms with Crippen LogP contribution in [-0.2, 0) is 6.42 Å². The molecule has 1 aliphatic heterocycles. The third-order valence-electron chi connectivity index (χ3n) is 2.85. The lowest BCUT2D eigenvalue weighted by Crippen LogP contribution is -2.42. The van der Waals surface area contributed by atoms with E-state index < -0.39 is 0 Å². The average molecular weight is 239 g/mol. The topological polar surface area (TPSA) is 23.6 Å². The molecule has 0 aromatic heterocycles. The molecule has 0 saturated carbocycles. The maximum absolute atomic E-state index is 12.0. The fraction of sp³-hybridized carbons (Fsp3) is 0.417. The number of hydrogen-bond acceptors (Lipinski definition) is 1. The second-order valence-electron chi connectivity index (χ2n) is 4.37. The number of carbonyl (C=O) groups excluding carboxylic acids is 1. The maximum atomic E-state index is 12.0. The molecule has 2 rings (SSSR count). The predicted octanol–water partition coefficient (Wildman–Crippen LogP) is 2.77. The summed E-state index contributed by atoms with van der Waals surface area (Å²) < 4.78 is 0. The van der Waals surface area contributed by atoms with Gasteiger partial charge in [-0.1, -0.05) is 11.6 Å². The first-order valence-electron chi connectivity index (χ1n) is 5.29. The van der Waals surface area contributed by atoms with Gasteiger partial charge in [-0.05, 0) is 37.1 Å². The zero-order valence-corrected chi connectivity index (χ0v) is 10.5. The van der Waals surface area contributed by atoms with Gasteiger partial charge in [0.2, 0.25) is 0 Å². The van der Waals surface area contributed by atoms with E-state index in [1.54, 1.807) is 19.0 Å². The zero-order valence-electron chi connectivity index (χ0n) is 9.70. The van der Waals surface area contributed by atoms with Gasteiger partial charge in [0.05, 0.1) is 0 Å². The summed E-state index contributed by atoms with van der Waals surface area (Å²) in [5, 5.41) is 0.727. The summed E-state index contributed by atoms with van der Waals surface area (Å²) in [5.74, 6) is 0. The van der Waals surface area contributed by atoms with Crippen molar-refractivity contribution in [3.63, 3.8) is 0 Å². The van der Waals surface area contributed by atoms with Crippen molar-refractivity contribution in [2.24, 2.45) is 0 Å². The molecule has 1 aromatic rings. The van der Waals surface area contributed by atoms with E-state index in [0.29, 0.717) is 0 Å². The van der Waals surface area contributed by atoms with E-state index >= 15 is 0 Å². The summed E-state index contributed by atoms with van der Waals surface area (Å²) in [6.45, 7) is 2.05. The van der Waals surface area contributed by atoms with Gasteiger partial charge in [0.25, 0.3) is 0 Å². The fourth-order valence-electron chi connectivity index (χ4n) is 2.11. The lowest BCUT2D eigenvalue weighted by Gasteiger charge is -2.26. The first kappa shape index (κ1) is 11.3. The Bertz CT molecular complexity index is 431. The molecule has 1 unspecified atom stereocenters. The van der Waals surface area contributed by atoms with Crippen molar-refractivity contribution in [3.8, 4) is 0 Å². The van der Waals surface area contributed by atoms with Crippen LogP contribution in [0.15, 0.2) is 18.2 Å². The van der Waals surface area contributed by atoms with Gasteiger partial charge in [-0.3, -0.25) is 4.90 Å². The van der Waals surface area contributed by atoms with Gasteiger partial charge in [-0.15, -0.1) is 0 Å². The Morgan fingerprint density at radius 2 is 2.19 bits per heavy atom. The van der Waals surface area contributed by atoms with Crippen molar-refractivity contribution in [3.05, 3.63) is 28.8 Å². The Morgan fingerprint density at radius 3 is 2.81 bits per heavy atom. The summed E-state index contributed by atoms with van der Waals surface area (Å²) >= 11 is 5.95. The molecule has 0 saturated heterocycles. The van der Waals surface area contributed by atoms with Crippen molar-refractivity contribution in [2.75, 3.05) is 19.0 Å². The SMILES string of the molecule is CC1Cc2cc(Cl)ccc2N1C(=O)N(C)C. The minimum Gasteiger partial charge on any atom is -0.330 e. The Balaban J connectivity index is 2.40. The summed E-state index contributed by atoms with van der Waals surface area (Å²) in [6.07, 6.45) is 0.871. The van der Waals surface area contributed by atoms with E-state index in [1.807, 2.05) is 23.1 Å². The first-order valence-corrected chi connectivity index (χ1v) is 5.67. The first-order chi connectivity index (χ1) is 7.50. The van der Waals surface area contributed by atoms with Gasteiger partial charge < -0.3 is 4.90 Å². The number of fused-ring (bicyclic) bond motifs is 1. The smallest absolute Gasteiger partial charge is 0.324 e. The number of anilines is 1. The van der Waals surface area contributed by atoms with E-state index in [-0.39, 0.29) is 12.1 Å². The molecule has 0 bridgehead atoms. The van der Waals surface area contributed by atoms with E-state index in [1.165, 1.54) is 0 Å². The predicted molar refractivity (Wildman–Crippen MR) is 66.2 cm³/mol. The molecule has 0 aliphatic carbocycles. The molecule has 2 amide bonds. The van der Waals surface area contributed by atoms with Crippen LogP contribution in [0.25, 0.3) is 0 Å². The van der Waals surface area contributed by atoms with Crippen LogP contribution in [0.1, 0.15) is 12.5 Å². The third-order valence-corrected chi connectivity index (χ3v) is 3.08. The largest absolute Gasteiger partial charge is 0.330 e. The summed E-state index contributed by atoms with van der Waals surface area (Å²) in [7, 11) is 3.53. The average Bonchev–Trinajstić information content (AvgIpc) is 2.51. The number of benzene rings is 1. The molecule has 1 atom stereocenters. The Kier molecular flexibility index (Phi) is 2.80. The molecule has 0 radical (unpaired) electrons. The van der Waals surface area contributed by atoms with Gasteiger partial charge in [-0.25, -0.2) is 4.79 Å². The number of urea groups is 1. The monoisotopic (exact) mass is 238 g/mol. The molecule has 3 nitrogen and oxygen atoms in total. The van der Waals surface area contributed by atoms with Crippen LogP contribution in [-0.4, -0.2) is 31.1 Å². The van der Waals surface area contributed by atoms with Crippen molar-refractivity contribution in [1.82, 2.24) is 4.90 Å². The van der Waals surface area contributed by atoms with Crippen LogP contribution in [0.4, 0.5) is 10.5 Å². The Hall–Kier alpha value is -1.22. The van der Waals surface area contributed by atoms with Crippen molar-refractivity contribution >= 4 is 23.3 Å². The number of rotatable bonds is 0. The second-order valence-corrected chi connectivity index (χ2v) is 4.81. The molecule has 1 aliphatic rings. The van der Waals surface area contributed by atoms with Crippen LogP contribution < -0.4 is 4.90 Å². The Morgan fingerprint density at radius 1 is 1.50 bits per heavy atom. The Labute approximate surface area is 101 Å². The van der Waals surface area contributed by atoms with Crippen molar-refractivity contribution < 1.29 is 4.79 Å². The number of halogens is 1. The van der Waals surface area contributed by atoms with Crippen molar-refractivity contribution in [1.29, 1.82) is 0 Å². The van der Waals surface area contributed by atoms with Crippen LogP contribution in [0.5, 0.6) is 0 Å².